The van der Waals surface area contributed by atoms with Gasteiger partial charge in [0.2, 0.25) is 17.9 Å². The van der Waals surface area contributed by atoms with Crippen LogP contribution in [0.4, 0.5) is 8.78 Å². The predicted octanol–water partition coefficient (Wildman–Crippen LogP) is 4.56. The van der Waals surface area contributed by atoms with Crippen LogP contribution in [0.15, 0.2) is 24.3 Å². The zero-order valence-corrected chi connectivity index (χ0v) is 18.8. The molecule has 5 rings (SSSR count). The third-order valence-corrected chi connectivity index (χ3v) is 7.76. The zero-order chi connectivity index (χ0) is 22.9. The van der Waals surface area contributed by atoms with E-state index in [0.717, 1.165) is 12.8 Å². The quantitative estimate of drug-likeness (QED) is 0.625. The number of benzene rings is 1. The summed E-state index contributed by atoms with van der Waals surface area (Å²) in [5.74, 6) is -7.24. The van der Waals surface area contributed by atoms with E-state index in [1.165, 1.54) is 31.4 Å². The number of ketones is 1. The summed E-state index contributed by atoms with van der Waals surface area (Å²) < 4.78 is 61.4. The molecule has 4 fully saturated rings. The molecule has 4 heterocycles. The van der Waals surface area contributed by atoms with Gasteiger partial charge in [-0.05, 0) is 56.4 Å². The van der Waals surface area contributed by atoms with Crippen LogP contribution in [0, 0.1) is 17.8 Å². The number of hydrogen-bond acceptors (Lipinski definition) is 6. The molecule has 0 radical (unpaired) electrons. The highest BCUT2D eigenvalue weighted by atomic mass is 19.3. The van der Waals surface area contributed by atoms with Gasteiger partial charge in [0.15, 0.2) is 5.79 Å². The third kappa shape index (κ3) is 3.22. The molecule has 1 spiro atoms. The first-order chi connectivity index (χ1) is 15.1. The lowest BCUT2D eigenvalue weighted by Gasteiger charge is -2.43. The minimum Gasteiger partial charge on any atom is -0.497 e. The van der Waals surface area contributed by atoms with Crippen LogP contribution in [0.25, 0.3) is 0 Å². The van der Waals surface area contributed by atoms with Crippen molar-refractivity contribution < 1.29 is 37.3 Å². The molecular weight excluding hydrogens is 422 g/mol. The van der Waals surface area contributed by atoms with Crippen LogP contribution < -0.4 is 4.74 Å². The Morgan fingerprint density at radius 1 is 1.12 bits per heavy atom. The molecule has 4 aliphatic heterocycles. The largest absolute Gasteiger partial charge is 0.497 e. The number of halogens is 2. The summed E-state index contributed by atoms with van der Waals surface area (Å²) in [6, 6.07) is 5.67. The second-order valence-electron chi connectivity index (χ2n) is 9.86. The van der Waals surface area contributed by atoms with E-state index in [1.807, 2.05) is 0 Å². The van der Waals surface area contributed by atoms with Crippen molar-refractivity contribution in [3.05, 3.63) is 29.8 Å². The Kier molecular flexibility index (Phi) is 5.17. The highest BCUT2D eigenvalue weighted by molar-refractivity contribution is 6.01. The molecule has 6 nitrogen and oxygen atoms in total. The number of ether oxygens (including phenoxy) is 5. The van der Waals surface area contributed by atoms with Gasteiger partial charge in [-0.2, -0.15) is 8.78 Å². The Hall–Kier alpha value is -1.61. The number of alkyl halides is 2. The Morgan fingerprint density at radius 2 is 1.84 bits per heavy atom. The molecule has 0 aromatic heterocycles. The van der Waals surface area contributed by atoms with E-state index in [1.54, 1.807) is 13.8 Å². The molecule has 8 heteroatoms. The van der Waals surface area contributed by atoms with Gasteiger partial charge in [-0.25, -0.2) is 0 Å². The van der Waals surface area contributed by atoms with Crippen LogP contribution in [0.1, 0.15) is 56.8 Å². The average molecular weight is 452 g/mol. The molecular formula is C24H30F2O6. The maximum atomic E-state index is 15.7. The van der Waals surface area contributed by atoms with E-state index >= 15 is 8.78 Å². The first-order valence-corrected chi connectivity index (χ1v) is 11.4. The van der Waals surface area contributed by atoms with E-state index in [0.29, 0.717) is 18.6 Å². The fraction of sp³-hybridized carbons (Fsp3) is 0.708. The van der Waals surface area contributed by atoms with Crippen LogP contribution in [0.3, 0.4) is 0 Å². The lowest BCUT2D eigenvalue weighted by atomic mass is 9.78. The first kappa shape index (κ1) is 22.2. The first-order valence-electron chi connectivity index (χ1n) is 11.4. The van der Waals surface area contributed by atoms with E-state index in [-0.39, 0.29) is 17.4 Å². The minimum atomic E-state index is -3.78. The van der Waals surface area contributed by atoms with Crippen molar-refractivity contribution in [2.24, 2.45) is 17.8 Å². The number of carbonyl (C=O) groups excluding carboxylic acids is 1. The van der Waals surface area contributed by atoms with Crippen molar-refractivity contribution in [1.82, 2.24) is 0 Å². The molecule has 4 aliphatic rings. The zero-order valence-electron chi connectivity index (χ0n) is 18.8. The Balaban J connectivity index is 1.51. The topological polar surface area (TPSA) is 63.2 Å². The van der Waals surface area contributed by atoms with E-state index in [2.05, 4.69) is 6.92 Å². The average Bonchev–Trinajstić information content (AvgIpc) is 2.84. The summed E-state index contributed by atoms with van der Waals surface area (Å²) in [5, 5.41) is 0. The number of fused-ring (bicyclic) bond motifs is 2. The number of rotatable bonds is 4. The molecule has 176 valence electrons. The Labute approximate surface area is 186 Å². The van der Waals surface area contributed by atoms with E-state index < -0.39 is 47.7 Å². The summed E-state index contributed by atoms with van der Waals surface area (Å²) in [6.07, 6.45) is -0.474. The van der Waals surface area contributed by atoms with Crippen LogP contribution in [0.5, 0.6) is 5.75 Å². The maximum absolute atomic E-state index is 15.7. The molecule has 1 aromatic carbocycles. The predicted molar refractivity (Wildman–Crippen MR) is 109 cm³/mol. The van der Waals surface area contributed by atoms with Crippen molar-refractivity contribution in [3.8, 4) is 5.75 Å². The standard InChI is InChI=1S/C24H30F2O6/c1-13-5-10-18-14(2)20(23(25,26)19(27)15-6-8-16(28-4)9-7-15)29-21-24(30-18)17(13)11-12-22(3,31-21)32-24/h6-9,13-14,17-18,20-21H,5,10-12H2,1-4H3/t13-,14-,17+,18+,20-,21-,22+,24+/m1/s1. The fourth-order valence-electron chi connectivity index (χ4n) is 5.89. The van der Waals surface area contributed by atoms with Gasteiger partial charge >= 0.3 is 5.92 Å². The highest BCUT2D eigenvalue weighted by Crippen LogP contribution is 2.58. The van der Waals surface area contributed by atoms with E-state index in [9.17, 15) is 4.79 Å². The van der Waals surface area contributed by atoms with Gasteiger partial charge in [0.05, 0.1) is 13.2 Å². The molecule has 0 unspecified atom stereocenters. The molecule has 32 heavy (non-hydrogen) atoms. The molecule has 4 saturated heterocycles. The van der Waals surface area contributed by atoms with Crippen LogP contribution in [-0.4, -0.2) is 48.9 Å². The summed E-state index contributed by atoms with van der Waals surface area (Å²) >= 11 is 0. The Bertz CT molecular complexity index is 891. The van der Waals surface area contributed by atoms with Crippen molar-refractivity contribution in [3.63, 3.8) is 0 Å². The summed E-state index contributed by atoms with van der Waals surface area (Å²) in [5.41, 5.74) is -0.101. The van der Waals surface area contributed by atoms with Gasteiger partial charge in [-0.15, -0.1) is 0 Å². The van der Waals surface area contributed by atoms with Gasteiger partial charge < -0.3 is 23.7 Å². The van der Waals surface area contributed by atoms with Crippen molar-refractivity contribution in [2.75, 3.05) is 7.11 Å². The molecule has 0 saturated carbocycles. The van der Waals surface area contributed by atoms with Gasteiger partial charge in [0.25, 0.3) is 0 Å². The normalized spacial score (nSPS) is 43.3. The second-order valence-corrected chi connectivity index (χ2v) is 9.86. The minimum absolute atomic E-state index is 0.0232. The number of hydrogen-bond donors (Lipinski definition) is 0. The lowest BCUT2D eigenvalue weighted by Crippen LogP contribution is -2.55. The van der Waals surface area contributed by atoms with Crippen molar-refractivity contribution in [2.45, 2.75) is 82.4 Å². The van der Waals surface area contributed by atoms with Gasteiger partial charge in [-0.3, -0.25) is 4.79 Å². The van der Waals surface area contributed by atoms with Crippen LogP contribution in [-0.2, 0) is 18.9 Å². The van der Waals surface area contributed by atoms with Gasteiger partial charge in [0.1, 0.15) is 11.9 Å². The maximum Gasteiger partial charge on any atom is 0.335 e. The molecule has 3 bridgehead atoms. The number of carbonyl (C=O) groups is 1. The molecule has 0 aliphatic carbocycles. The van der Waals surface area contributed by atoms with Crippen molar-refractivity contribution >= 4 is 5.78 Å². The highest BCUT2D eigenvalue weighted by Gasteiger charge is 2.70. The Morgan fingerprint density at radius 3 is 2.53 bits per heavy atom. The summed E-state index contributed by atoms with van der Waals surface area (Å²) in [4.78, 5) is 12.9. The smallest absolute Gasteiger partial charge is 0.335 e. The number of Topliss-reactive ketones (excluding diaryl/α,β-unsaturated/α-hetero) is 1. The number of methoxy groups -OCH3 is 1. The van der Waals surface area contributed by atoms with Gasteiger partial charge in [0, 0.05) is 23.8 Å². The summed E-state index contributed by atoms with van der Waals surface area (Å²) in [7, 11) is 1.47. The van der Waals surface area contributed by atoms with Gasteiger partial charge in [-0.1, -0.05) is 13.8 Å². The summed E-state index contributed by atoms with van der Waals surface area (Å²) in [6.45, 7) is 5.60. The molecule has 0 amide bonds. The lowest BCUT2D eigenvalue weighted by molar-refractivity contribution is -0.331. The SMILES string of the molecule is COc1ccc(C(=O)C(F)(F)[C@@H]2O[C@@H]3O[C@]4(C)CC[C@H]5[C@H](C)CC[C@H](O[C@@]35O4)[C@H]2C)cc1. The molecule has 1 aromatic rings. The monoisotopic (exact) mass is 452 g/mol. The van der Waals surface area contributed by atoms with Crippen LogP contribution >= 0.6 is 0 Å². The van der Waals surface area contributed by atoms with Crippen molar-refractivity contribution in [1.29, 1.82) is 0 Å². The van der Waals surface area contributed by atoms with E-state index in [4.69, 9.17) is 23.7 Å². The molecule has 0 N–H and O–H groups in total. The molecule has 8 atom stereocenters. The second kappa shape index (κ2) is 7.45. The third-order valence-electron chi connectivity index (χ3n) is 7.76. The fourth-order valence-corrected chi connectivity index (χ4v) is 5.89. The van der Waals surface area contributed by atoms with Crippen LogP contribution in [0.2, 0.25) is 0 Å².